The summed E-state index contributed by atoms with van der Waals surface area (Å²) in [7, 11) is -3.61. The SMILES string of the molecule is O=S([O-])(=NCl)c1ccccc1.[Na+]. The molecule has 0 saturated carbocycles. The molecule has 3 nitrogen and oxygen atoms in total. The zero-order valence-corrected chi connectivity index (χ0v) is 10.0. The molecule has 0 aromatic heterocycles. The van der Waals surface area contributed by atoms with E-state index in [0.717, 1.165) is 0 Å². The number of hydrogen-bond donors (Lipinski definition) is 0. The molecule has 1 aromatic carbocycles. The molecule has 60 valence electrons. The van der Waals surface area contributed by atoms with Crippen molar-refractivity contribution in [2.24, 2.45) is 3.88 Å². The number of nitrogens with zero attached hydrogens (tertiary/aromatic N) is 1. The third-order valence-corrected chi connectivity index (χ3v) is 2.73. The summed E-state index contributed by atoms with van der Waals surface area (Å²) in [6.45, 7) is 0. The van der Waals surface area contributed by atoms with Crippen LogP contribution in [0.25, 0.3) is 0 Å². The number of halogens is 1. The van der Waals surface area contributed by atoms with Crippen LogP contribution in [0, 0.1) is 0 Å². The summed E-state index contributed by atoms with van der Waals surface area (Å²) in [5.41, 5.74) is 0. The summed E-state index contributed by atoms with van der Waals surface area (Å²) in [6, 6.07) is 7.79. The van der Waals surface area contributed by atoms with Crippen molar-refractivity contribution < 1.29 is 38.3 Å². The van der Waals surface area contributed by atoms with E-state index in [1.807, 2.05) is 0 Å². The molecule has 1 aromatic rings. The van der Waals surface area contributed by atoms with Gasteiger partial charge in [-0.15, -0.1) is 3.88 Å². The molecule has 0 N–H and O–H groups in total. The Hall–Kier alpha value is 0.420. The van der Waals surface area contributed by atoms with E-state index < -0.39 is 10.0 Å². The summed E-state index contributed by atoms with van der Waals surface area (Å²) < 4.78 is 24.5. The summed E-state index contributed by atoms with van der Waals surface area (Å²) in [5.74, 6) is 0. The van der Waals surface area contributed by atoms with Gasteiger partial charge in [0.1, 0.15) is 0 Å². The first-order chi connectivity index (χ1) is 5.17. The second-order valence-electron chi connectivity index (χ2n) is 1.86. The minimum absolute atomic E-state index is 0. The van der Waals surface area contributed by atoms with Gasteiger partial charge >= 0.3 is 29.6 Å². The minimum Gasteiger partial charge on any atom is -0.759 e. The maximum atomic E-state index is 10.9. The van der Waals surface area contributed by atoms with Gasteiger partial charge in [0, 0.05) is 26.7 Å². The molecule has 1 unspecified atom stereocenters. The van der Waals surface area contributed by atoms with Gasteiger partial charge in [0.25, 0.3) is 0 Å². The van der Waals surface area contributed by atoms with E-state index in [4.69, 9.17) is 11.8 Å². The largest absolute Gasteiger partial charge is 1.00 e. The van der Waals surface area contributed by atoms with Crippen molar-refractivity contribution in [1.29, 1.82) is 0 Å². The molecule has 0 fully saturated rings. The summed E-state index contributed by atoms with van der Waals surface area (Å²) in [6.07, 6.45) is 0. The average Bonchev–Trinajstić information content (AvgIpc) is 2.06. The van der Waals surface area contributed by atoms with E-state index in [1.54, 1.807) is 18.2 Å². The second-order valence-corrected chi connectivity index (χ2v) is 3.83. The third kappa shape index (κ3) is 3.05. The van der Waals surface area contributed by atoms with Gasteiger partial charge in [-0.1, -0.05) is 18.2 Å². The van der Waals surface area contributed by atoms with Gasteiger partial charge in [-0.25, -0.2) is 0 Å². The van der Waals surface area contributed by atoms with E-state index in [2.05, 4.69) is 3.88 Å². The number of hydrogen-bond acceptors (Lipinski definition) is 3. The zero-order chi connectivity index (χ0) is 8.32. The zero-order valence-electron chi connectivity index (χ0n) is 6.44. The normalized spacial score (nSPS) is 14.2. The Morgan fingerprint density at radius 1 is 1.33 bits per heavy atom. The monoisotopic (exact) mass is 213 g/mol. The Kier molecular flexibility index (Phi) is 5.40. The van der Waals surface area contributed by atoms with Crippen molar-refractivity contribution in [3.63, 3.8) is 0 Å². The fraction of sp³-hybridized carbons (Fsp3) is 0. The Morgan fingerprint density at radius 3 is 2.25 bits per heavy atom. The predicted molar refractivity (Wildman–Crippen MR) is 41.9 cm³/mol. The van der Waals surface area contributed by atoms with Crippen LogP contribution < -0.4 is 29.6 Å². The molecule has 0 radical (unpaired) electrons. The molecule has 0 aliphatic heterocycles. The third-order valence-electron chi connectivity index (χ3n) is 1.13. The molecule has 0 aliphatic carbocycles. The Balaban J connectivity index is 0.00000121. The second kappa shape index (κ2) is 5.21. The fourth-order valence-electron chi connectivity index (χ4n) is 0.632. The van der Waals surface area contributed by atoms with Crippen LogP contribution in [0.1, 0.15) is 0 Å². The fourth-order valence-corrected chi connectivity index (χ4v) is 1.45. The van der Waals surface area contributed by atoms with Gasteiger partial charge in [-0.05, 0) is 12.1 Å². The molecule has 12 heavy (non-hydrogen) atoms. The van der Waals surface area contributed by atoms with Gasteiger partial charge in [-0.3, -0.25) is 4.21 Å². The van der Waals surface area contributed by atoms with Crippen molar-refractivity contribution in [2.75, 3.05) is 0 Å². The van der Waals surface area contributed by atoms with Crippen LogP contribution in [0.4, 0.5) is 0 Å². The van der Waals surface area contributed by atoms with Crippen LogP contribution in [-0.2, 0) is 10.0 Å². The molecule has 0 bridgehead atoms. The van der Waals surface area contributed by atoms with Crippen LogP contribution >= 0.6 is 11.8 Å². The standard InChI is InChI=1S/C6H6ClNO2S.Na/c7-8-11(9,10)6-4-2-1-3-5-6;/h1-5H,(H,8,9,10);/q;+1/p-1. The van der Waals surface area contributed by atoms with Crippen molar-refractivity contribution in [3.8, 4) is 0 Å². The number of benzene rings is 1. The van der Waals surface area contributed by atoms with Crippen LogP contribution in [0.5, 0.6) is 0 Å². The topological polar surface area (TPSA) is 52.5 Å². The Labute approximate surface area is 98.5 Å². The molecular weight excluding hydrogens is 209 g/mol. The molecule has 0 saturated heterocycles. The predicted octanol–water partition coefficient (Wildman–Crippen LogP) is -1.20. The van der Waals surface area contributed by atoms with Crippen molar-refractivity contribution in [3.05, 3.63) is 30.3 Å². The summed E-state index contributed by atoms with van der Waals surface area (Å²) in [5, 5.41) is 0. The van der Waals surface area contributed by atoms with Crippen molar-refractivity contribution >= 4 is 21.8 Å². The van der Waals surface area contributed by atoms with Gasteiger partial charge in [0.15, 0.2) is 0 Å². The molecule has 0 heterocycles. The van der Waals surface area contributed by atoms with Crippen LogP contribution in [-0.4, -0.2) is 8.76 Å². The van der Waals surface area contributed by atoms with Crippen molar-refractivity contribution in [1.82, 2.24) is 0 Å². The van der Waals surface area contributed by atoms with Gasteiger partial charge < -0.3 is 4.55 Å². The first-order valence-electron chi connectivity index (χ1n) is 2.80. The van der Waals surface area contributed by atoms with E-state index >= 15 is 0 Å². The number of rotatable bonds is 1. The summed E-state index contributed by atoms with van der Waals surface area (Å²) >= 11 is 4.86. The molecule has 1 rings (SSSR count). The van der Waals surface area contributed by atoms with E-state index in [1.165, 1.54) is 12.1 Å². The molecule has 6 heteroatoms. The van der Waals surface area contributed by atoms with Crippen LogP contribution in [0.3, 0.4) is 0 Å². The quantitative estimate of drug-likeness (QED) is 0.551. The Bertz CT molecular complexity index is 348. The first-order valence-corrected chi connectivity index (χ1v) is 4.58. The van der Waals surface area contributed by atoms with Crippen molar-refractivity contribution in [2.45, 2.75) is 4.90 Å². The van der Waals surface area contributed by atoms with Gasteiger partial charge in [0.05, 0.1) is 0 Å². The molecule has 0 spiro atoms. The first kappa shape index (κ1) is 12.4. The minimum atomic E-state index is -3.61. The van der Waals surface area contributed by atoms with Gasteiger partial charge in [-0.2, -0.15) is 0 Å². The molecule has 0 amide bonds. The molecule has 1 atom stereocenters. The summed E-state index contributed by atoms with van der Waals surface area (Å²) in [4.78, 5) is 0.106. The maximum Gasteiger partial charge on any atom is 1.00 e. The van der Waals surface area contributed by atoms with Crippen LogP contribution in [0.2, 0.25) is 0 Å². The van der Waals surface area contributed by atoms with E-state index in [0.29, 0.717) is 0 Å². The smallest absolute Gasteiger partial charge is 0.759 e. The Morgan fingerprint density at radius 2 is 1.83 bits per heavy atom. The molecule has 0 aliphatic rings. The molecular formula is C6H5ClNNaO2S. The van der Waals surface area contributed by atoms with Gasteiger partial charge in [0.2, 0.25) is 0 Å². The van der Waals surface area contributed by atoms with Crippen LogP contribution in [0.15, 0.2) is 39.1 Å². The van der Waals surface area contributed by atoms with E-state index in [9.17, 15) is 8.76 Å². The van der Waals surface area contributed by atoms with E-state index in [-0.39, 0.29) is 34.5 Å². The average molecular weight is 214 g/mol. The maximum absolute atomic E-state index is 10.9.